The Morgan fingerprint density at radius 2 is 1.90 bits per heavy atom. The standard InChI is InChI=1S/C14H25NO4S/c1-19-13(16)9-14(7-8-14)10-20(17,18)12-6-4-2-3-5-11(12)15/h11-12H,2-10,15H2,1H3. The Balaban J connectivity index is 2.04. The van der Waals surface area contributed by atoms with E-state index in [1.165, 1.54) is 7.11 Å². The van der Waals surface area contributed by atoms with Crippen molar-refractivity contribution >= 4 is 15.8 Å². The molecule has 0 spiro atoms. The molecule has 0 aromatic carbocycles. The predicted octanol–water partition coefficient (Wildman–Crippen LogP) is 1.40. The smallest absolute Gasteiger partial charge is 0.306 e. The van der Waals surface area contributed by atoms with E-state index in [2.05, 4.69) is 4.74 Å². The molecule has 0 aliphatic heterocycles. The van der Waals surface area contributed by atoms with Crippen molar-refractivity contribution in [2.24, 2.45) is 11.1 Å². The van der Waals surface area contributed by atoms with Gasteiger partial charge in [-0.1, -0.05) is 19.3 Å². The fourth-order valence-electron chi connectivity index (χ4n) is 3.21. The largest absolute Gasteiger partial charge is 0.469 e. The topological polar surface area (TPSA) is 86.5 Å². The van der Waals surface area contributed by atoms with Crippen molar-refractivity contribution in [3.8, 4) is 0 Å². The van der Waals surface area contributed by atoms with Gasteiger partial charge in [0.05, 0.1) is 24.5 Å². The highest BCUT2D eigenvalue weighted by molar-refractivity contribution is 7.92. The van der Waals surface area contributed by atoms with E-state index in [9.17, 15) is 13.2 Å². The molecule has 0 aromatic rings. The van der Waals surface area contributed by atoms with Crippen molar-refractivity contribution < 1.29 is 17.9 Å². The van der Waals surface area contributed by atoms with Gasteiger partial charge in [0.1, 0.15) is 0 Å². The van der Waals surface area contributed by atoms with E-state index in [4.69, 9.17) is 5.73 Å². The van der Waals surface area contributed by atoms with Crippen LogP contribution in [0.2, 0.25) is 0 Å². The first-order valence-corrected chi connectivity index (χ1v) is 9.14. The fourth-order valence-corrected chi connectivity index (χ4v) is 5.86. The molecule has 6 heteroatoms. The van der Waals surface area contributed by atoms with Crippen LogP contribution in [-0.4, -0.2) is 38.5 Å². The molecule has 20 heavy (non-hydrogen) atoms. The number of methoxy groups -OCH3 is 1. The minimum absolute atomic E-state index is 0.0907. The molecule has 0 bridgehead atoms. The third-order valence-corrected chi connectivity index (χ3v) is 7.20. The van der Waals surface area contributed by atoms with E-state index < -0.39 is 15.1 Å². The van der Waals surface area contributed by atoms with Crippen molar-refractivity contribution in [1.29, 1.82) is 0 Å². The summed E-state index contributed by atoms with van der Waals surface area (Å²) in [7, 11) is -1.90. The van der Waals surface area contributed by atoms with Gasteiger partial charge in [0.25, 0.3) is 0 Å². The monoisotopic (exact) mass is 303 g/mol. The molecule has 0 saturated heterocycles. The summed E-state index contributed by atoms with van der Waals surface area (Å²) in [4.78, 5) is 11.4. The first-order chi connectivity index (χ1) is 9.38. The zero-order valence-corrected chi connectivity index (χ0v) is 13.0. The van der Waals surface area contributed by atoms with Crippen molar-refractivity contribution in [1.82, 2.24) is 0 Å². The molecule has 2 rings (SSSR count). The van der Waals surface area contributed by atoms with Gasteiger partial charge in [-0.2, -0.15) is 0 Å². The summed E-state index contributed by atoms with van der Waals surface area (Å²) in [6.45, 7) is 0. The van der Waals surface area contributed by atoms with Crippen molar-refractivity contribution in [3.63, 3.8) is 0 Å². The van der Waals surface area contributed by atoms with Gasteiger partial charge in [0.2, 0.25) is 0 Å². The van der Waals surface area contributed by atoms with E-state index >= 15 is 0 Å². The zero-order chi connectivity index (χ0) is 14.8. The lowest BCUT2D eigenvalue weighted by Gasteiger charge is -2.24. The van der Waals surface area contributed by atoms with Gasteiger partial charge >= 0.3 is 5.97 Å². The minimum Gasteiger partial charge on any atom is -0.469 e. The fraction of sp³-hybridized carbons (Fsp3) is 0.929. The summed E-state index contributed by atoms with van der Waals surface area (Å²) in [5.41, 5.74) is 5.68. The van der Waals surface area contributed by atoms with Crippen LogP contribution >= 0.6 is 0 Å². The highest BCUT2D eigenvalue weighted by atomic mass is 32.2. The number of sulfone groups is 1. The maximum atomic E-state index is 12.6. The van der Waals surface area contributed by atoms with E-state index in [0.29, 0.717) is 6.42 Å². The summed E-state index contributed by atoms with van der Waals surface area (Å²) in [6, 6.07) is -0.253. The second-order valence-corrected chi connectivity index (χ2v) is 8.62. The highest BCUT2D eigenvalue weighted by Gasteiger charge is 2.49. The first kappa shape index (κ1) is 15.8. The predicted molar refractivity (Wildman–Crippen MR) is 76.9 cm³/mol. The van der Waals surface area contributed by atoms with Crippen molar-refractivity contribution in [2.45, 2.75) is 62.7 Å². The normalized spacial score (nSPS) is 29.5. The van der Waals surface area contributed by atoms with E-state index in [-0.39, 0.29) is 29.6 Å². The number of esters is 1. The number of hydrogen-bond acceptors (Lipinski definition) is 5. The number of ether oxygens (including phenoxy) is 1. The molecule has 2 aliphatic carbocycles. The number of hydrogen-bond donors (Lipinski definition) is 1. The van der Waals surface area contributed by atoms with Crippen LogP contribution in [0.5, 0.6) is 0 Å². The molecule has 2 saturated carbocycles. The average molecular weight is 303 g/mol. The third kappa shape index (κ3) is 3.73. The molecule has 0 radical (unpaired) electrons. The van der Waals surface area contributed by atoms with E-state index in [1.54, 1.807) is 0 Å². The molecular formula is C14H25NO4S. The molecular weight excluding hydrogens is 278 g/mol. The molecule has 116 valence electrons. The van der Waals surface area contributed by atoms with Crippen LogP contribution in [0.4, 0.5) is 0 Å². The number of rotatable bonds is 5. The molecule has 2 atom stereocenters. The Labute approximate surface area is 121 Å². The first-order valence-electron chi connectivity index (χ1n) is 7.43. The van der Waals surface area contributed by atoms with E-state index in [1.807, 2.05) is 0 Å². The quantitative estimate of drug-likeness (QED) is 0.613. The highest BCUT2D eigenvalue weighted by Crippen LogP contribution is 2.50. The lowest BCUT2D eigenvalue weighted by Crippen LogP contribution is -2.42. The van der Waals surface area contributed by atoms with Gasteiger partial charge in [-0.05, 0) is 31.1 Å². The van der Waals surface area contributed by atoms with Gasteiger partial charge in [0.15, 0.2) is 9.84 Å². The molecule has 0 heterocycles. The summed E-state index contributed by atoms with van der Waals surface area (Å²) >= 11 is 0. The average Bonchev–Trinajstić information content (AvgIpc) is 3.13. The van der Waals surface area contributed by atoms with Crippen LogP contribution in [0, 0.1) is 5.41 Å². The Morgan fingerprint density at radius 3 is 2.50 bits per heavy atom. The zero-order valence-electron chi connectivity index (χ0n) is 12.1. The molecule has 0 aromatic heterocycles. The summed E-state index contributed by atoms with van der Waals surface area (Å²) in [5.74, 6) is -0.226. The second kappa shape index (κ2) is 6.02. The van der Waals surface area contributed by atoms with Crippen molar-refractivity contribution in [2.75, 3.05) is 12.9 Å². The second-order valence-electron chi connectivity index (χ2n) is 6.40. The summed E-state index contributed by atoms with van der Waals surface area (Å²) < 4.78 is 30.0. The van der Waals surface area contributed by atoms with Crippen LogP contribution < -0.4 is 5.73 Å². The van der Waals surface area contributed by atoms with Gasteiger partial charge < -0.3 is 10.5 Å². The summed E-state index contributed by atoms with van der Waals surface area (Å²) in [6.07, 6.45) is 6.26. The maximum Gasteiger partial charge on any atom is 0.306 e. The Morgan fingerprint density at radius 1 is 1.25 bits per heavy atom. The molecule has 2 N–H and O–H groups in total. The van der Waals surface area contributed by atoms with Gasteiger partial charge in [0, 0.05) is 6.04 Å². The SMILES string of the molecule is COC(=O)CC1(CS(=O)(=O)C2CCCCCC2N)CC1. The number of carbonyl (C=O) groups is 1. The van der Waals surface area contributed by atoms with Crippen molar-refractivity contribution in [3.05, 3.63) is 0 Å². The van der Waals surface area contributed by atoms with Crippen LogP contribution in [0.1, 0.15) is 51.4 Å². The van der Waals surface area contributed by atoms with Crippen LogP contribution in [0.3, 0.4) is 0 Å². The molecule has 2 unspecified atom stereocenters. The summed E-state index contributed by atoms with van der Waals surface area (Å²) in [5, 5.41) is -0.430. The maximum absolute atomic E-state index is 12.6. The van der Waals surface area contributed by atoms with Gasteiger partial charge in [-0.15, -0.1) is 0 Å². The number of carbonyl (C=O) groups excluding carboxylic acids is 1. The minimum atomic E-state index is -3.24. The molecule has 5 nitrogen and oxygen atoms in total. The van der Waals surface area contributed by atoms with Crippen LogP contribution in [-0.2, 0) is 19.4 Å². The lowest BCUT2D eigenvalue weighted by atomic mass is 10.1. The van der Waals surface area contributed by atoms with Crippen LogP contribution in [0.15, 0.2) is 0 Å². The lowest BCUT2D eigenvalue weighted by molar-refractivity contribution is -0.141. The van der Waals surface area contributed by atoms with Gasteiger partial charge in [-0.3, -0.25) is 4.79 Å². The van der Waals surface area contributed by atoms with E-state index in [0.717, 1.165) is 38.5 Å². The Bertz CT molecular complexity index is 456. The molecule has 2 aliphatic rings. The molecule has 2 fully saturated rings. The Kier molecular flexibility index (Phi) is 4.74. The Hall–Kier alpha value is -0.620. The molecule has 0 amide bonds. The van der Waals surface area contributed by atoms with Crippen LogP contribution in [0.25, 0.3) is 0 Å². The third-order valence-electron chi connectivity index (χ3n) is 4.68. The number of nitrogens with two attached hydrogens (primary N) is 1. The van der Waals surface area contributed by atoms with Gasteiger partial charge in [-0.25, -0.2) is 8.42 Å².